The second-order valence-corrected chi connectivity index (χ2v) is 6.83. The van der Waals surface area contributed by atoms with Crippen molar-refractivity contribution >= 4 is 35.3 Å². The second kappa shape index (κ2) is 7.18. The minimum Gasteiger partial charge on any atom is -0.466 e. The maximum absolute atomic E-state index is 13.8. The molecule has 0 bridgehead atoms. The zero-order valence-corrected chi connectivity index (χ0v) is 13.9. The van der Waals surface area contributed by atoms with Crippen LogP contribution in [0.15, 0.2) is 35.1 Å². The van der Waals surface area contributed by atoms with Gasteiger partial charge in [-0.2, -0.15) is 0 Å². The number of thioether (sulfide) groups is 1. The number of esters is 2. The predicted octanol–water partition coefficient (Wildman–Crippen LogP) is 2.96. The number of carbonyl (C=O) groups is 2. The minimum atomic E-state index is -1.55. The Bertz CT molecular complexity index is 740. The van der Waals surface area contributed by atoms with Gasteiger partial charge >= 0.3 is 17.0 Å². The zero-order chi connectivity index (χ0) is 17.9. The molecule has 1 aromatic carbocycles. The standard InChI is InChI=1S/C14H11ClFNO6S/c1-22-11(18)7-23-13(19)8-4-2-3-5-9(8)14(15)6-10(16)12(24-14)17(20)21/h2-5H,6-7H2,1H3. The summed E-state index contributed by atoms with van der Waals surface area (Å²) >= 11 is 6.86. The van der Waals surface area contributed by atoms with Crippen molar-refractivity contribution in [2.45, 2.75) is 10.6 Å². The van der Waals surface area contributed by atoms with Crippen LogP contribution in [0.1, 0.15) is 22.3 Å². The number of carbonyl (C=O) groups excluding carboxylic acids is 2. The Morgan fingerprint density at radius 1 is 1.46 bits per heavy atom. The molecule has 1 heterocycles. The lowest BCUT2D eigenvalue weighted by molar-refractivity contribution is -0.412. The van der Waals surface area contributed by atoms with Crippen LogP contribution in [0, 0.1) is 10.1 Å². The van der Waals surface area contributed by atoms with E-state index in [1.807, 2.05) is 0 Å². The topological polar surface area (TPSA) is 95.7 Å². The van der Waals surface area contributed by atoms with Crippen molar-refractivity contribution in [3.63, 3.8) is 0 Å². The maximum atomic E-state index is 13.8. The lowest BCUT2D eigenvalue weighted by atomic mass is 10.0. The highest BCUT2D eigenvalue weighted by atomic mass is 35.5. The van der Waals surface area contributed by atoms with Crippen molar-refractivity contribution in [2.24, 2.45) is 0 Å². The van der Waals surface area contributed by atoms with Crippen LogP contribution >= 0.6 is 23.4 Å². The molecular formula is C14H11ClFNO6S. The van der Waals surface area contributed by atoms with Gasteiger partial charge in [-0.1, -0.05) is 18.2 Å². The molecule has 0 fully saturated rings. The number of allylic oxidation sites excluding steroid dienone is 1. The molecule has 1 unspecified atom stereocenters. The summed E-state index contributed by atoms with van der Waals surface area (Å²) in [5.74, 6) is -2.58. The van der Waals surface area contributed by atoms with Gasteiger partial charge in [-0.05, 0) is 23.4 Å². The number of halogens is 2. The van der Waals surface area contributed by atoms with Crippen molar-refractivity contribution in [1.29, 1.82) is 0 Å². The largest absolute Gasteiger partial charge is 0.466 e. The molecule has 1 aliphatic rings. The zero-order valence-electron chi connectivity index (χ0n) is 12.3. The van der Waals surface area contributed by atoms with Crippen LogP contribution in [0.3, 0.4) is 0 Å². The average molecular weight is 376 g/mol. The van der Waals surface area contributed by atoms with E-state index < -0.39 is 45.0 Å². The lowest BCUT2D eigenvalue weighted by Gasteiger charge is -2.22. The summed E-state index contributed by atoms with van der Waals surface area (Å²) in [6.07, 6.45) is -0.448. The molecule has 24 heavy (non-hydrogen) atoms. The van der Waals surface area contributed by atoms with Gasteiger partial charge in [0.1, 0.15) is 4.21 Å². The van der Waals surface area contributed by atoms with Crippen LogP contribution in [-0.4, -0.2) is 30.6 Å². The number of ether oxygens (including phenoxy) is 2. The number of alkyl halides is 1. The number of hydrogen-bond acceptors (Lipinski definition) is 7. The highest BCUT2D eigenvalue weighted by Gasteiger charge is 2.47. The van der Waals surface area contributed by atoms with Gasteiger partial charge in [0, 0.05) is 6.42 Å². The number of hydrogen-bond donors (Lipinski definition) is 0. The third-order valence-electron chi connectivity index (χ3n) is 3.14. The quantitative estimate of drug-likeness (QED) is 0.338. The molecule has 0 radical (unpaired) electrons. The van der Waals surface area contributed by atoms with Crippen molar-refractivity contribution in [1.82, 2.24) is 0 Å². The first-order chi connectivity index (χ1) is 11.3. The van der Waals surface area contributed by atoms with E-state index in [0.29, 0.717) is 11.8 Å². The van der Waals surface area contributed by atoms with Gasteiger partial charge in [-0.15, -0.1) is 11.6 Å². The van der Waals surface area contributed by atoms with Crippen LogP contribution in [0.5, 0.6) is 0 Å². The van der Waals surface area contributed by atoms with Gasteiger partial charge < -0.3 is 9.47 Å². The molecule has 0 aliphatic carbocycles. The molecule has 128 valence electrons. The molecule has 1 atom stereocenters. The van der Waals surface area contributed by atoms with Crippen molar-refractivity contribution < 1.29 is 28.4 Å². The summed E-state index contributed by atoms with van der Waals surface area (Å²) in [5.41, 5.74) is 0.153. The highest BCUT2D eigenvalue weighted by Crippen LogP contribution is 2.56. The number of methoxy groups -OCH3 is 1. The first-order valence-electron chi connectivity index (χ1n) is 6.53. The van der Waals surface area contributed by atoms with Crippen LogP contribution < -0.4 is 0 Å². The summed E-state index contributed by atoms with van der Waals surface area (Å²) in [7, 11) is 1.14. The second-order valence-electron chi connectivity index (χ2n) is 4.67. The Hall–Kier alpha value is -2.13. The minimum absolute atomic E-state index is 0.0127. The SMILES string of the molecule is COC(=O)COC(=O)c1ccccc1C1(Cl)CC(F)=C([N+](=O)[O-])S1. The molecule has 1 aromatic rings. The molecule has 0 saturated heterocycles. The first-order valence-corrected chi connectivity index (χ1v) is 7.72. The summed E-state index contributed by atoms with van der Waals surface area (Å²) in [6.45, 7) is -0.598. The third kappa shape index (κ3) is 3.68. The highest BCUT2D eigenvalue weighted by molar-refractivity contribution is 8.05. The van der Waals surface area contributed by atoms with Gasteiger partial charge in [0.25, 0.3) is 0 Å². The van der Waals surface area contributed by atoms with Crippen molar-refractivity contribution in [3.05, 3.63) is 56.4 Å². The van der Waals surface area contributed by atoms with Crippen LogP contribution in [0.4, 0.5) is 4.39 Å². The number of nitrogens with zero attached hydrogens (tertiary/aromatic N) is 1. The lowest BCUT2D eigenvalue weighted by Crippen LogP contribution is -2.20. The van der Waals surface area contributed by atoms with Gasteiger partial charge in [0.2, 0.25) is 0 Å². The Labute approximate surface area is 144 Å². The molecule has 0 N–H and O–H groups in total. The summed E-state index contributed by atoms with van der Waals surface area (Å²) in [5, 5.41) is 10.2. The van der Waals surface area contributed by atoms with Crippen LogP contribution in [-0.2, 0) is 18.5 Å². The number of rotatable bonds is 5. The number of benzene rings is 1. The van der Waals surface area contributed by atoms with E-state index in [-0.39, 0.29) is 11.1 Å². The summed E-state index contributed by atoms with van der Waals surface area (Å²) in [6, 6.07) is 5.90. The smallest absolute Gasteiger partial charge is 0.344 e. The van der Waals surface area contributed by atoms with Gasteiger partial charge in [0.05, 0.1) is 17.6 Å². The monoisotopic (exact) mass is 375 g/mol. The Morgan fingerprint density at radius 2 is 2.12 bits per heavy atom. The van der Waals surface area contributed by atoms with E-state index in [4.69, 9.17) is 16.3 Å². The maximum Gasteiger partial charge on any atom is 0.344 e. The first kappa shape index (κ1) is 18.2. The van der Waals surface area contributed by atoms with Gasteiger partial charge in [0.15, 0.2) is 12.4 Å². The molecular weight excluding hydrogens is 365 g/mol. The molecule has 2 rings (SSSR count). The van der Waals surface area contributed by atoms with E-state index in [0.717, 1.165) is 7.11 Å². The fraction of sp³-hybridized carbons (Fsp3) is 0.286. The van der Waals surface area contributed by atoms with E-state index in [1.165, 1.54) is 18.2 Å². The fourth-order valence-corrected chi connectivity index (χ4v) is 3.61. The Balaban J connectivity index is 2.28. The molecule has 0 saturated carbocycles. The Morgan fingerprint density at radius 3 is 2.71 bits per heavy atom. The van der Waals surface area contributed by atoms with Crippen molar-refractivity contribution in [2.75, 3.05) is 13.7 Å². The van der Waals surface area contributed by atoms with E-state index >= 15 is 0 Å². The molecule has 10 heteroatoms. The van der Waals surface area contributed by atoms with Gasteiger partial charge in [-0.25, -0.2) is 14.0 Å². The third-order valence-corrected chi connectivity index (χ3v) is 4.96. The molecule has 1 aliphatic heterocycles. The van der Waals surface area contributed by atoms with E-state index in [2.05, 4.69) is 4.74 Å². The van der Waals surface area contributed by atoms with Gasteiger partial charge in [-0.3, -0.25) is 10.1 Å². The van der Waals surface area contributed by atoms with E-state index in [1.54, 1.807) is 6.07 Å². The van der Waals surface area contributed by atoms with Crippen LogP contribution in [0.25, 0.3) is 0 Å². The average Bonchev–Trinajstić information content (AvgIpc) is 2.88. The molecule has 0 spiro atoms. The summed E-state index contributed by atoms with van der Waals surface area (Å²) in [4.78, 5) is 33.2. The molecule has 7 nitrogen and oxygen atoms in total. The fourth-order valence-electron chi connectivity index (χ4n) is 2.05. The van der Waals surface area contributed by atoms with E-state index in [9.17, 15) is 24.1 Å². The molecule has 0 amide bonds. The van der Waals surface area contributed by atoms with Crippen LogP contribution in [0.2, 0.25) is 0 Å². The predicted molar refractivity (Wildman–Crippen MR) is 83.6 cm³/mol. The Kier molecular flexibility index (Phi) is 5.45. The summed E-state index contributed by atoms with van der Waals surface area (Å²) < 4.78 is 21.4. The normalized spacial score (nSPS) is 20.0. The van der Waals surface area contributed by atoms with Crippen molar-refractivity contribution in [3.8, 4) is 0 Å². The molecule has 0 aromatic heterocycles. The number of nitro groups is 1.